The van der Waals surface area contributed by atoms with Crippen molar-refractivity contribution in [2.75, 3.05) is 12.4 Å². The van der Waals surface area contributed by atoms with E-state index in [1.807, 2.05) is 18.2 Å². The molecule has 1 aliphatic rings. The van der Waals surface area contributed by atoms with Crippen molar-refractivity contribution in [3.05, 3.63) is 66.3 Å². The predicted molar refractivity (Wildman–Crippen MR) is 127 cm³/mol. The number of aromatic nitrogens is 1. The predicted octanol–water partition coefficient (Wildman–Crippen LogP) is 3.12. The Balaban J connectivity index is 1.72. The molecule has 2 aromatic rings. The number of nitrogens with two attached hydrogens (primary N) is 1. The van der Waals surface area contributed by atoms with Crippen molar-refractivity contribution in [1.29, 1.82) is 0 Å². The van der Waals surface area contributed by atoms with Gasteiger partial charge in [-0.05, 0) is 42.7 Å². The normalized spacial score (nSPS) is 15.5. The van der Waals surface area contributed by atoms with Crippen LogP contribution in [0.1, 0.15) is 42.5 Å². The number of carbonyl (C=O) groups is 2. The van der Waals surface area contributed by atoms with E-state index in [0.29, 0.717) is 23.6 Å². The van der Waals surface area contributed by atoms with E-state index in [4.69, 9.17) is 5.73 Å². The zero-order chi connectivity index (χ0) is 22.8. The molecule has 32 heavy (non-hydrogen) atoms. The number of hydrogen-bond donors (Lipinski definition) is 4. The van der Waals surface area contributed by atoms with Gasteiger partial charge in [0.25, 0.3) is 5.91 Å². The number of amides is 2. The minimum absolute atomic E-state index is 0.300. The Morgan fingerprint density at radius 3 is 2.69 bits per heavy atom. The number of nitrogens with one attached hydrogen (secondary N) is 3. The van der Waals surface area contributed by atoms with E-state index < -0.39 is 6.04 Å². The Hall–Kier alpha value is -3.68. The van der Waals surface area contributed by atoms with Crippen molar-refractivity contribution in [3.8, 4) is 0 Å². The second-order valence-electron chi connectivity index (χ2n) is 7.86. The van der Waals surface area contributed by atoms with E-state index in [-0.39, 0.29) is 11.8 Å². The monoisotopic (exact) mass is 434 g/mol. The fourth-order valence-electron chi connectivity index (χ4n) is 3.88. The summed E-state index contributed by atoms with van der Waals surface area (Å²) < 4.78 is 0. The van der Waals surface area contributed by atoms with E-state index >= 15 is 0 Å². The molecule has 1 heterocycles. The van der Waals surface area contributed by atoms with Gasteiger partial charge < -0.3 is 21.7 Å². The Morgan fingerprint density at radius 1 is 1.22 bits per heavy atom. The van der Waals surface area contributed by atoms with E-state index in [1.165, 1.54) is 12.4 Å². The van der Waals surface area contributed by atoms with Gasteiger partial charge in [0.2, 0.25) is 5.91 Å². The van der Waals surface area contributed by atoms with Gasteiger partial charge in [0.15, 0.2) is 0 Å². The first kappa shape index (κ1) is 23.0. The van der Waals surface area contributed by atoms with Crippen LogP contribution in [0.25, 0.3) is 0 Å². The molecule has 0 bridgehead atoms. The summed E-state index contributed by atoms with van der Waals surface area (Å²) in [5.41, 5.74) is 8.02. The van der Waals surface area contributed by atoms with Crippen molar-refractivity contribution in [2.24, 2.45) is 16.6 Å². The second kappa shape index (κ2) is 11.6. The summed E-state index contributed by atoms with van der Waals surface area (Å²) in [6.07, 6.45) is 11.2. The van der Waals surface area contributed by atoms with Crippen LogP contribution in [0.3, 0.4) is 0 Å². The average molecular weight is 435 g/mol. The molecule has 0 saturated heterocycles. The van der Waals surface area contributed by atoms with Crippen LogP contribution in [-0.2, 0) is 4.79 Å². The number of nitrogens with zero attached hydrogens (tertiary/aromatic N) is 2. The fourth-order valence-corrected chi connectivity index (χ4v) is 3.88. The van der Waals surface area contributed by atoms with Crippen LogP contribution in [0.4, 0.5) is 11.4 Å². The molecule has 168 valence electrons. The lowest BCUT2D eigenvalue weighted by Crippen LogP contribution is -2.47. The zero-order valence-electron chi connectivity index (χ0n) is 18.3. The Labute approximate surface area is 188 Å². The summed E-state index contributed by atoms with van der Waals surface area (Å²) >= 11 is 0. The lowest BCUT2D eigenvalue weighted by Gasteiger charge is -2.22. The fraction of sp³-hybridized carbons (Fsp3) is 0.333. The number of benzene rings is 1. The molecular formula is C24H30N6O2. The van der Waals surface area contributed by atoms with E-state index in [0.717, 1.165) is 37.1 Å². The second-order valence-corrected chi connectivity index (χ2v) is 7.86. The van der Waals surface area contributed by atoms with Gasteiger partial charge in [-0.3, -0.25) is 19.6 Å². The molecule has 3 rings (SSSR count). The molecule has 1 fully saturated rings. The highest BCUT2D eigenvalue weighted by Crippen LogP contribution is 2.29. The van der Waals surface area contributed by atoms with Crippen LogP contribution in [0, 0.1) is 5.92 Å². The van der Waals surface area contributed by atoms with Gasteiger partial charge in [0.1, 0.15) is 6.04 Å². The molecule has 1 saturated carbocycles. The van der Waals surface area contributed by atoms with Crippen molar-refractivity contribution < 1.29 is 9.59 Å². The lowest BCUT2D eigenvalue weighted by molar-refractivity contribution is -0.122. The van der Waals surface area contributed by atoms with Crippen molar-refractivity contribution >= 4 is 29.4 Å². The Bertz CT molecular complexity index is 967. The maximum Gasteiger partial charge on any atom is 0.252 e. The quantitative estimate of drug-likeness (QED) is 0.452. The van der Waals surface area contributed by atoms with Gasteiger partial charge in [0.05, 0.1) is 17.6 Å². The number of anilines is 2. The number of aliphatic imine (C=N–C) groups is 1. The standard InChI is InChI=1S/C24H30N6O2/c1-26-15-21(14-25)29-24(32)22(12-17-6-2-3-7-17)30-23(31)18-8-4-9-19(13-18)28-20-10-5-11-27-16-20/h4-5,8-11,13-17,22,28H,2-3,6-7,12,25H2,1H3,(H,29,32)(H,30,31)/b21-14+,26-15?. The average Bonchev–Trinajstić information content (AvgIpc) is 3.32. The molecule has 0 aliphatic heterocycles. The van der Waals surface area contributed by atoms with Crippen LogP contribution in [0.2, 0.25) is 0 Å². The number of hydrogen-bond acceptors (Lipinski definition) is 6. The van der Waals surface area contributed by atoms with Gasteiger partial charge >= 0.3 is 0 Å². The summed E-state index contributed by atoms with van der Waals surface area (Å²) in [5.74, 6) is -0.193. The van der Waals surface area contributed by atoms with Crippen LogP contribution >= 0.6 is 0 Å². The van der Waals surface area contributed by atoms with Crippen LogP contribution < -0.4 is 21.7 Å². The number of pyridine rings is 1. The van der Waals surface area contributed by atoms with Crippen molar-refractivity contribution in [2.45, 2.75) is 38.1 Å². The van der Waals surface area contributed by atoms with Crippen LogP contribution in [0.5, 0.6) is 0 Å². The smallest absolute Gasteiger partial charge is 0.252 e. The molecule has 1 aromatic carbocycles. The van der Waals surface area contributed by atoms with Gasteiger partial charge in [-0.1, -0.05) is 31.7 Å². The Kier molecular flexibility index (Phi) is 8.36. The van der Waals surface area contributed by atoms with E-state index in [1.54, 1.807) is 37.6 Å². The zero-order valence-corrected chi connectivity index (χ0v) is 18.3. The van der Waals surface area contributed by atoms with Gasteiger partial charge in [0, 0.05) is 36.9 Å². The summed E-state index contributed by atoms with van der Waals surface area (Å²) in [6, 6.07) is 10.2. The summed E-state index contributed by atoms with van der Waals surface area (Å²) in [5, 5.41) is 8.90. The molecule has 5 N–H and O–H groups in total. The minimum atomic E-state index is -0.666. The molecule has 2 amide bonds. The van der Waals surface area contributed by atoms with Crippen LogP contribution in [-0.4, -0.2) is 36.1 Å². The Morgan fingerprint density at radius 2 is 2.00 bits per heavy atom. The maximum absolute atomic E-state index is 13.0. The van der Waals surface area contributed by atoms with Crippen molar-refractivity contribution in [1.82, 2.24) is 15.6 Å². The highest BCUT2D eigenvalue weighted by Gasteiger charge is 2.27. The third kappa shape index (κ3) is 6.66. The van der Waals surface area contributed by atoms with Gasteiger partial charge in [-0.2, -0.15) is 0 Å². The van der Waals surface area contributed by atoms with E-state index in [2.05, 4.69) is 25.9 Å². The first-order chi connectivity index (χ1) is 15.6. The first-order valence-electron chi connectivity index (χ1n) is 10.8. The summed E-state index contributed by atoms with van der Waals surface area (Å²) in [4.78, 5) is 33.9. The van der Waals surface area contributed by atoms with Gasteiger partial charge in [-0.15, -0.1) is 0 Å². The summed E-state index contributed by atoms with van der Waals surface area (Å²) in [7, 11) is 1.60. The third-order valence-electron chi connectivity index (χ3n) is 5.46. The topological polar surface area (TPSA) is 121 Å². The number of allylic oxidation sites excluding steroid dienone is 1. The molecule has 1 aliphatic carbocycles. The molecule has 1 atom stereocenters. The maximum atomic E-state index is 13.0. The highest BCUT2D eigenvalue weighted by molar-refractivity contribution is 5.99. The number of carbonyl (C=O) groups excluding carboxylic acids is 2. The van der Waals surface area contributed by atoms with Crippen molar-refractivity contribution in [3.63, 3.8) is 0 Å². The number of rotatable bonds is 9. The third-order valence-corrected chi connectivity index (χ3v) is 5.46. The van der Waals surface area contributed by atoms with Crippen LogP contribution in [0.15, 0.2) is 65.7 Å². The molecule has 8 heteroatoms. The molecule has 8 nitrogen and oxygen atoms in total. The highest BCUT2D eigenvalue weighted by atomic mass is 16.2. The first-order valence-corrected chi connectivity index (χ1v) is 10.8. The summed E-state index contributed by atoms with van der Waals surface area (Å²) in [6.45, 7) is 0. The van der Waals surface area contributed by atoms with E-state index in [9.17, 15) is 9.59 Å². The molecule has 1 unspecified atom stereocenters. The molecule has 0 spiro atoms. The molecule has 1 aromatic heterocycles. The lowest BCUT2D eigenvalue weighted by atomic mass is 9.97. The van der Waals surface area contributed by atoms with Gasteiger partial charge in [-0.25, -0.2) is 0 Å². The minimum Gasteiger partial charge on any atom is -0.403 e. The largest absolute Gasteiger partial charge is 0.403 e. The SMILES string of the molecule is CN=C/C(=C\N)NC(=O)C(CC1CCCC1)NC(=O)c1cccc(Nc2cccnc2)c1. The molecule has 0 radical (unpaired) electrons. The molecular weight excluding hydrogens is 404 g/mol.